The number of hydrogen-bond donors (Lipinski definition) is 1. The molecule has 25 heavy (non-hydrogen) atoms. The first-order chi connectivity index (χ1) is 12.0. The zero-order valence-corrected chi connectivity index (χ0v) is 18.4. The highest BCUT2D eigenvalue weighted by Crippen LogP contribution is 2.25. The minimum Gasteiger partial charge on any atom is -0.506 e. The second-order valence-corrected chi connectivity index (χ2v) is 8.69. The summed E-state index contributed by atoms with van der Waals surface area (Å²) in [5, 5.41) is 16.8. The van der Waals surface area contributed by atoms with E-state index in [4.69, 9.17) is 0 Å². The molecule has 0 saturated carbocycles. The predicted molar refractivity (Wildman–Crippen MR) is 119 cm³/mol. The minimum absolute atomic E-state index is 0.308. The maximum atomic E-state index is 10.1. The van der Waals surface area contributed by atoms with E-state index in [1.165, 1.54) is 11.1 Å². The number of phenols is 1. The Balaban J connectivity index is 1.55. The molecular weight excluding hydrogens is 540 g/mol. The standard InChI is InChI=1S/C19H21I2N3O/c1-14-2-4-15(5-3-14)13-23-6-8-24(9-7-23)22-12-16-10-17(20)11-18(21)19(16)25/h2-5,10-12,25H,6-9,13H2,1H3/b22-12-. The van der Waals surface area contributed by atoms with E-state index in [0.717, 1.165) is 45.4 Å². The molecule has 2 aromatic carbocycles. The fourth-order valence-electron chi connectivity index (χ4n) is 2.79. The lowest BCUT2D eigenvalue weighted by molar-refractivity contribution is 0.131. The molecule has 1 heterocycles. The van der Waals surface area contributed by atoms with E-state index < -0.39 is 0 Å². The van der Waals surface area contributed by atoms with Crippen molar-refractivity contribution in [2.24, 2.45) is 5.10 Å². The van der Waals surface area contributed by atoms with Gasteiger partial charge in [0, 0.05) is 41.9 Å². The van der Waals surface area contributed by atoms with Gasteiger partial charge in [0.2, 0.25) is 0 Å². The highest BCUT2D eigenvalue weighted by Gasteiger charge is 2.15. The molecule has 1 aliphatic rings. The summed E-state index contributed by atoms with van der Waals surface area (Å²) in [6, 6.07) is 12.7. The number of hydrazone groups is 1. The van der Waals surface area contributed by atoms with E-state index in [1.54, 1.807) is 6.21 Å². The normalized spacial score (nSPS) is 15.9. The van der Waals surface area contributed by atoms with Gasteiger partial charge in [0.25, 0.3) is 0 Å². The second-order valence-electron chi connectivity index (χ2n) is 6.29. The summed E-state index contributed by atoms with van der Waals surface area (Å²) < 4.78 is 1.96. The largest absolute Gasteiger partial charge is 0.506 e. The van der Waals surface area contributed by atoms with Crippen molar-refractivity contribution in [3.8, 4) is 5.75 Å². The molecule has 6 heteroatoms. The highest BCUT2D eigenvalue weighted by molar-refractivity contribution is 14.1. The number of phenolic OH excluding ortho intramolecular Hbond substituents is 1. The van der Waals surface area contributed by atoms with Crippen LogP contribution in [0.2, 0.25) is 0 Å². The molecule has 0 unspecified atom stereocenters. The van der Waals surface area contributed by atoms with Crippen molar-refractivity contribution in [1.29, 1.82) is 0 Å². The molecule has 0 spiro atoms. The van der Waals surface area contributed by atoms with Crippen molar-refractivity contribution in [2.45, 2.75) is 13.5 Å². The molecule has 0 radical (unpaired) electrons. The molecule has 132 valence electrons. The maximum absolute atomic E-state index is 10.1. The first-order valence-electron chi connectivity index (χ1n) is 8.26. The van der Waals surface area contributed by atoms with E-state index in [-0.39, 0.29) is 0 Å². The number of nitrogens with zero attached hydrogens (tertiary/aromatic N) is 3. The molecule has 0 bridgehead atoms. The van der Waals surface area contributed by atoms with Gasteiger partial charge in [-0.05, 0) is 69.8 Å². The summed E-state index contributed by atoms with van der Waals surface area (Å²) >= 11 is 4.41. The Morgan fingerprint density at radius 3 is 2.44 bits per heavy atom. The Labute approximate surface area is 176 Å². The fourth-order valence-corrected chi connectivity index (χ4v) is 4.68. The molecule has 1 fully saturated rings. The quantitative estimate of drug-likeness (QED) is 0.453. The predicted octanol–water partition coefficient (Wildman–Crippen LogP) is 4.06. The third-order valence-electron chi connectivity index (χ3n) is 4.29. The van der Waals surface area contributed by atoms with Crippen molar-refractivity contribution < 1.29 is 5.11 Å². The molecule has 4 nitrogen and oxygen atoms in total. The van der Waals surface area contributed by atoms with E-state index in [2.05, 4.69) is 91.4 Å². The third-order valence-corrected chi connectivity index (χ3v) is 5.74. The lowest BCUT2D eigenvalue weighted by Gasteiger charge is -2.33. The summed E-state index contributed by atoms with van der Waals surface area (Å²) in [6.07, 6.45) is 1.77. The van der Waals surface area contributed by atoms with E-state index in [9.17, 15) is 5.11 Å². The van der Waals surface area contributed by atoms with Gasteiger partial charge in [-0.1, -0.05) is 29.8 Å². The van der Waals surface area contributed by atoms with E-state index in [0.29, 0.717) is 5.75 Å². The van der Waals surface area contributed by atoms with E-state index >= 15 is 0 Å². The number of aryl methyl sites for hydroxylation is 1. The lowest BCUT2D eigenvalue weighted by atomic mass is 10.1. The monoisotopic (exact) mass is 561 g/mol. The van der Waals surface area contributed by atoms with Crippen molar-refractivity contribution in [3.63, 3.8) is 0 Å². The second kappa shape index (κ2) is 8.68. The number of aromatic hydroxyl groups is 1. The SMILES string of the molecule is Cc1ccc(CN2CCN(/N=C\c3cc(I)cc(I)c3O)CC2)cc1. The molecule has 0 aliphatic carbocycles. The Morgan fingerprint density at radius 1 is 1.08 bits per heavy atom. The van der Waals surface area contributed by atoms with Gasteiger partial charge in [-0.2, -0.15) is 5.10 Å². The van der Waals surface area contributed by atoms with Crippen LogP contribution in [-0.2, 0) is 6.54 Å². The number of hydrogen-bond acceptors (Lipinski definition) is 4. The highest BCUT2D eigenvalue weighted by atomic mass is 127. The van der Waals surface area contributed by atoms with Crippen LogP contribution in [0, 0.1) is 14.1 Å². The average molecular weight is 561 g/mol. The van der Waals surface area contributed by atoms with Crippen molar-refractivity contribution >= 4 is 51.4 Å². The summed E-state index contributed by atoms with van der Waals surface area (Å²) in [5.41, 5.74) is 3.44. The van der Waals surface area contributed by atoms with Gasteiger partial charge in [-0.15, -0.1) is 0 Å². The number of piperazine rings is 1. The average Bonchev–Trinajstić information content (AvgIpc) is 2.60. The van der Waals surface area contributed by atoms with Crippen LogP contribution in [0.1, 0.15) is 16.7 Å². The van der Waals surface area contributed by atoms with Gasteiger partial charge in [0.05, 0.1) is 9.78 Å². The maximum Gasteiger partial charge on any atom is 0.137 e. The Kier molecular flexibility index (Phi) is 6.56. The number of rotatable bonds is 4. The number of benzene rings is 2. The summed E-state index contributed by atoms with van der Waals surface area (Å²) in [5.74, 6) is 0.308. The van der Waals surface area contributed by atoms with Gasteiger partial charge < -0.3 is 5.11 Å². The summed E-state index contributed by atoms with van der Waals surface area (Å²) in [4.78, 5) is 2.46. The lowest BCUT2D eigenvalue weighted by Crippen LogP contribution is -2.43. The van der Waals surface area contributed by atoms with Crippen molar-refractivity contribution in [1.82, 2.24) is 9.91 Å². The van der Waals surface area contributed by atoms with Crippen LogP contribution in [0.5, 0.6) is 5.75 Å². The van der Waals surface area contributed by atoms with Crippen LogP contribution in [-0.4, -0.2) is 47.4 Å². The Bertz CT molecular complexity index is 754. The fraction of sp³-hybridized carbons (Fsp3) is 0.316. The Morgan fingerprint density at radius 2 is 1.76 bits per heavy atom. The van der Waals surface area contributed by atoms with Gasteiger partial charge in [0.1, 0.15) is 5.75 Å². The first-order valence-corrected chi connectivity index (χ1v) is 10.4. The third kappa shape index (κ3) is 5.30. The summed E-state index contributed by atoms with van der Waals surface area (Å²) in [7, 11) is 0. The van der Waals surface area contributed by atoms with Gasteiger partial charge >= 0.3 is 0 Å². The zero-order valence-electron chi connectivity index (χ0n) is 14.1. The van der Waals surface area contributed by atoms with Crippen LogP contribution < -0.4 is 0 Å². The summed E-state index contributed by atoms with van der Waals surface area (Å²) in [6.45, 7) is 6.93. The molecule has 0 aromatic heterocycles. The van der Waals surface area contributed by atoms with Gasteiger partial charge in [0.15, 0.2) is 0 Å². The molecule has 1 aliphatic heterocycles. The molecule has 2 aromatic rings. The van der Waals surface area contributed by atoms with Crippen molar-refractivity contribution in [2.75, 3.05) is 26.2 Å². The molecule has 3 rings (SSSR count). The Hall–Kier alpha value is -0.870. The zero-order chi connectivity index (χ0) is 17.8. The first kappa shape index (κ1) is 18.9. The molecule has 0 amide bonds. The number of halogens is 2. The molecule has 1 N–H and O–H groups in total. The smallest absolute Gasteiger partial charge is 0.137 e. The minimum atomic E-state index is 0.308. The van der Waals surface area contributed by atoms with E-state index in [1.807, 2.05) is 12.1 Å². The topological polar surface area (TPSA) is 39.1 Å². The van der Waals surface area contributed by atoms with Gasteiger partial charge in [-0.25, -0.2) is 0 Å². The van der Waals surface area contributed by atoms with Crippen molar-refractivity contribution in [3.05, 3.63) is 60.2 Å². The molecule has 0 atom stereocenters. The van der Waals surface area contributed by atoms with Crippen LogP contribution in [0.25, 0.3) is 0 Å². The van der Waals surface area contributed by atoms with Crippen LogP contribution in [0.4, 0.5) is 0 Å². The molecular formula is C19H21I2N3O. The van der Waals surface area contributed by atoms with Crippen LogP contribution in [0.15, 0.2) is 41.5 Å². The van der Waals surface area contributed by atoms with Crippen LogP contribution >= 0.6 is 45.2 Å². The van der Waals surface area contributed by atoms with Gasteiger partial charge in [-0.3, -0.25) is 9.91 Å². The van der Waals surface area contributed by atoms with Crippen LogP contribution in [0.3, 0.4) is 0 Å². The molecule has 1 saturated heterocycles.